The summed E-state index contributed by atoms with van der Waals surface area (Å²) >= 11 is 0.981. The zero-order valence-electron chi connectivity index (χ0n) is 10.2. The third-order valence-electron chi connectivity index (χ3n) is 2.07. The molecule has 0 atom stereocenters. The van der Waals surface area contributed by atoms with E-state index in [0.29, 0.717) is 5.69 Å². The first kappa shape index (κ1) is 15.0. The van der Waals surface area contributed by atoms with Crippen molar-refractivity contribution in [1.82, 2.24) is 0 Å². The molecular formula is C12H13NO5S. The molecule has 0 radical (unpaired) electrons. The average molecular weight is 283 g/mol. The Bertz CT molecular complexity index is 489. The lowest BCUT2D eigenvalue weighted by Gasteiger charge is -2.09. The lowest BCUT2D eigenvalue weighted by atomic mass is 10.2. The van der Waals surface area contributed by atoms with Crippen LogP contribution in [0.3, 0.4) is 0 Å². The van der Waals surface area contributed by atoms with Crippen LogP contribution < -0.4 is 5.32 Å². The molecule has 1 rings (SSSR count). The van der Waals surface area contributed by atoms with E-state index in [2.05, 4.69) is 10.1 Å². The van der Waals surface area contributed by atoms with Crippen molar-refractivity contribution in [3.8, 4) is 0 Å². The number of hydrogen-bond acceptors (Lipinski definition) is 5. The number of carboxylic acid groups (broad SMARTS) is 1. The quantitative estimate of drug-likeness (QED) is 0.763. The molecule has 0 aliphatic heterocycles. The molecule has 7 heteroatoms. The van der Waals surface area contributed by atoms with Crippen molar-refractivity contribution in [2.75, 3.05) is 23.9 Å². The largest absolute Gasteiger partial charge is 0.481 e. The molecule has 0 bridgehead atoms. The van der Waals surface area contributed by atoms with Gasteiger partial charge in [-0.15, -0.1) is 11.8 Å². The number of carbonyl (C=O) groups excluding carboxylic acids is 2. The van der Waals surface area contributed by atoms with Crippen molar-refractivity contribution in [1.29, 1.82) is 0 Å². The number of rotatable bonds is 6. The van der Waals surface area contributed by atoms with Gasteiger partial charge in [-0.1, -0.05) is 12.1 Å². The highest BCUT2D eigenvalue weighted by atomic mass is 32.2. The molecule has 1 aromatic carbocycles. The van der Waals surface area contributed by atoms with Crippen LogP contribution in [0, 0.1) is 0 Å². The summed E-state index contributed by atoms with van der Waals surface area (Å²) in [6.45, 7) is 0. The minimum atomic E-state index is -0.979. The van der Waals surface area contributed by atoms with Gasteiger partial charge >= 0.3 is 11.9 Å². The van der Waals surface area contributed by atoms with Gasteiger partial charge in [0.05, 0.1) is 29.9 Å². The van der Waals surface area contributed by atoms with Gasteiger partial charge < -0.3 is 15.2 Å². The van der Waals surface area contributed by atoms with Crippen LogP contribution in [0.25, 0.3) is 0 Å². The third-order valence-corrected chi connectivity index (χ3v) is 2.98. The Morgan fingerprint density at radius 3 is 2.58 bits per heavy atom. The number of anilines is 1. The first-order valence-corrected chi connectivity index (χ1v) is 6.46. The van der Waals surface area contributed by atoms with Crippen molar-refractivity contribution < 1.29 is 24.2 Å². The first-order valence-electron chi connectivity index (χ1n) is 5.31. The number of para-hydroxylation sites is 1. The highest BCUT2D eigenvalue weighted by Gasteiger charge is 2.13. The fraction of sp³-hybridized carbons (Fsp3) is 0.250. The second-order valence-corrected chi connectivity index (χ2v) is 4.46. The summed E-state index contributed by atoms with van der Waals surface area (Å²) in [5.41, 5.74) is 0.594. The van der Waals surface area contributed by atoms with Crippen LogP contribution in [0.4, 0.5) is 5.69 Å². The van der Waals surface area contributed by atoms with Gasteiger partial charge in [-0.3, -0.25) is 9.59 Å². The lowest BCUT2D eigenvalue weighted by Crippen LogP contribution is -2.17. The van der Waals surface area contributed by atoms with Crippen LogP contribution in [0.2, 0.25) is 0 Å². The smallest absolute Gasteiger partial charge is 0.339 e. The second kappa shape index (κ2) is 7.42. The van der Waals surface area contributed by atoms with Crippen molar-refractivity contribution in [2.45, 2.75) is 0 Å². The summed E-state index contributed by atoms with van der Waals surface area (Å²) < 4.78 is 4.60. The SMILES string of the molecule is COC(=O)c1ccccc1NC(=O)CSCC(=O)O. The normalized spacial score (nSPS) is 9.74. The first-order chi connectivity index (χ1) is 9.04. The Kier molecular flexibility index (Phi) is 5.87. The number of carboxylic acids is 1. The molecule has 0 saturated heterocycles. The molecule has 0 aromatic heterocycles. The Morgan fingerprint density at radius 1 is 1.26 bits per heavy atom. The molecule has 0 heterocycles. The van der Waals surface area contributed by atoms with E-state index in [-0.39, 0.29) is 23.0 Å². The fourth-order valence-corrected chi connectivity index (χ4v) is 1.83. The minimum Gasteiger partial charge on any atom is -0.481 e. The molecule has 19 heavy (non-hydrogen) atoms. The van der Waals surface area contributed by atoms with Gasteiger partial charge in [-0.2, -0.15) is 0 Å². The predicted octanol–water partition coefficient (Wildman–Crippen LogP) is 1.23. The summed E-state index contributed by atoms with van der Waals surface area (Å²) in [5.74, 6) is -2.04. The number of benzene rings is 1. The van der Waals surface area contributed by atoms with E-state index >= 15 is 0 Å². The van der Waals surface area contributed by atoms with Gasteiger partial charge in [-0.05, 0) is 12.1 Å². The van der Waals surface area contributed by atoms with Gasteiger partial charge in [0.1, 0.15) is 0 Å². The van der Waals surface area contributed by atoms with E-state index in [0.717, 1.165) is 11.8 Å². The van der Waals surface area contributed by atoms with Gasteiger partial charge in [0.25, 0.3) is 0 Å². The average Bonchev–Trinajstić information content (AvgIpc) is 2.38. The number of amides is 1. The van der Waals surface area contributed by atoms with Gasteiger partial charge in [-0.25, -0.2) is 4.79 Å². The van der Waals surface area contributed by atoms with E-state index in [1.807, 2.05) is 0 Å². The van der Waals surface area contributed by atoms with Crippen LogP contribution in [0.15, 0.2) is 24.3 Å². The number of nitrogens with one attached hydrogen (secondary N) is 1. The lowest BCUT2D eigenvalue weighted by molar-refractivity contribution is -0.133. The molecule has 0 aliphatic rings. The van der Waals surface area contributed by atoms with Crippen LogP contribution in [-0.2, 0) is 14.3 Å². The van der Waals surface area contributed by atoms with Crippen LogP contribution >= 0.6 is 11.8 Å². The maximum Gasteiger partial charge on any atom is 0.339 e. The number of methoxy groups -OCH3 is 1. The number of hydrogen-bond donors (Lipinski definition) is 2. The van der Waals surface area contributed by atoms with Crippen molar-refractivity contribution in [3.05, 3.63) is 29.8 Å². The van der Waals surface area contributed by atoms with Gasteiger partial charge in [0, 0.05) is 0 Å². The molecule has 0 aliphatic carbocycles. The van der Waals surface area contributed by atoms with Crippen LogP contribution in [0.1, 0.15) is 10.4 Å². The predicted molar refractivity (Wildman–Crippen MR) is 71.4 cm³/mol. The van der Waals surface area contributed by atoms with Crippen LogP contribution in [-0.4, -0.2) is 41.6 Å². The Hall–Kier alpha value is -2.02. The summed E-state index contributed by atoms with van der Waals surface area (Å²) in [6, 6.07) is 6.44. The molecule has 0 fully saturated rings. The van der Waals surface area contributed by atoms with Gasteiger partial charge in [0.2, 0.25) is 5.91 Å². The molecule has 1 aromatic rings. The van der Waals surface area contributed by atoms with Crippen LogP contribution in [0.5, 0.6) is 0 Å². The molecule has 0 spiro atoms. The van der Waals surface area contributed by atoms with Crippen molar-refractivity contribution in [3.63, 3.8) is 0 Å². The molecule has 0 unspecified atom stereocenters. The summed E-state index contributed by atoms with van der Waals surface area (Å²) in [4.78, 5) is 33.4. The molecule has 1 amide bonds. The number of ether oxygens (including phenoxy) is 1. The number of aliphatic carboxylic acids is 1. The molecule has 2 N–H and O–H groups in total. The Labute approximate surface area is 114 Å². The standard InChI is InChI=1S/C12H13NO5S/c1-18-12(17)8-4-2-3-5-9(8)13-10(14)6-19-7-11(15)16/h2-5H,6-7H2,1H3,(H,13,14)(H,15,16). The maximum atomic E-state index is 11.6. The van der Waals surface area contributed by atoms with E-state index in [1.54, 1.807) is 18.2 Å². The molecular weight excluding hydrogens is 270 g/mol. The monoisotopic (exact) mass is 283 g/mol. The second-order valence-electron chi connectivity index (χ2n) is 3.47. The highest BCUT2D eigenvalue weighted by Crippen LogP contribution is 2.16. The van der Waals surface area contributed by atoms with E-state index in [4.69, 9.17) is 5.11 Å². The molecule has 6 nitrogen and oxygen atoms in total. The van der Waals surface area contributed by atoms with E-state index < -0.39 is 11.9 Å². The van der Waals surface area contributed by atoms with Gasteiger partial charge in [0.15, 0.2) is 0 Å². The number of esters is 1. The molecule has 102 valence electrons. The number of carbonyl (C=O) groups is 3. The van der Waals surface area contributed by atoms with E-state index in [1.165, 1.54) is 13.2 Å². The van der Waals surface area contributed by atoms with Crippen molar-refractivity contribution in [2.24, 2.45) is 0 Å². The third kappa shape index (κ3) is 5.01. The maximum absolute atomic E-state index is 11.6. The highest BCUT2D eigenvalue weighted by molar-refractivity contribution is 8.00. The van der Waals surface area contributed by atoms with Crippen molar-refractivity contribution >= 4 is 35.3 Å². The topological polar surface area (TPSA) is 92.7 Å². The summed E-state index contributed by atoms with van der Waals surface area (Å²) in [6.07, 6.45) is 0. The Balaban J connectivity index is 2.64. The molecule has 0 saturated carbocycles. The number of thioether (sulfide) groups is 1. The summed E-state index contributed by atoms with van der Waals surface area (Å²) in [5, 5.41) is 11.0. The zero-order valence-corrected chi connectivity index (χ0v) is 11.0. The fourth-order valence-electron chi connectivity index (χ4n) is 1.30. The minimum absolute atomic E-state index is 0.00179. The Morgan fingerprint density at radius 2 is 1.95 bits per heavy atom. The summed E-state index contributed by atoms with van der Waals surface area (Å²) in [7, 11) is 1.25. The van der Waals surface area contributed by atoms with E-state index in [9.17, 15) is 14.4 Å². The zero-order chi connectivity index (χ0) is 14.3.